The molecule has 0 heterocycles. The van der Waals surface area contributed by atoms with Crippen molar-refractivity contribution in [1.82, 2.24) is 0 Å². The molecule has 0 atom stereocenters. The first kappa shape index (κ1) is 23.0. The molecule has 158 valence electrons. The summed E-state index contributed by atoms with van der Waals surface area (Å²) in [6, 6.07) is 5.34. The van der Waals surface area contributed by atoms with Crippen molar-refractivity contribution in [2.75, 3.05) is 25.6 Å². The van der Waals surface area contributed by atoms with Gasteiger partial charge >= 0.3 is 0 Å². The topological polar surface area (TPSA) is 56.8 Å². The Kier molecular flexibility index (Phi) is 8.59. The smallest absolute Gasteiger partial charge is 0.256 e. The Morgan fingerprint density at radius 1 is 1.21 bits per heavy atom. The average Bonchev–Trinajstić information content (AvgIpc) is 2.68. The Morgan fingerprint density at radius 3 is 2.54 bits per heavy atom. The Labute approximate surface area is 174 Å². The van der Waals surface area contributed by atoms with Crippen molar-refractivity contribution in [2.24, 2.45) is 0 Å². The third-order valence-electron chi connectivity index (χ3n) is 5.36. The molecular weight excluding hydrogens is 378 g/mol. The first-order chi connectivity index (χ1) is 13.3. The summed E-state index contributed by atoms with van der Waals surface area (Å²) in [4.78, 5) is 13.0. The van der Waals surface area contributed by atoms with Crippen LogP contribution in [0.15, 0.2) is 18.2 Å². The van der Waals surface area contributed by atoms with Gasteiger partial charge in [-0.15, -0.1) is 0 Å². The van der Waals surface area contributed by atoms with Gasteiger partial charge in [-0.05, 0) is 51.3 Å². The van der Waals surface area contributed by atoms with Crippen LogP contribution < -0.4 is 10.1 Å². The predicted molar refractivity (Wildman–Crippen MR) is 113 cm³/mol. The molecule has 1 amide bonds. The van der Waals surface area contributed by atoms with Crippen molar-refractivity contribution >= 4 is 23.2 Å². The highest BCUT2D eigenvalue weighted by molar-refractivity contribution is 6.32. The molecule has 0 saturated heterocycles. The van der Waals surface area contributed by atoms with Crippen molar-refractivity contribution < 1.29 is 19.0 Å². The van der Waals surface area contributed by atoms with Gasteiger partial charge in [-0.1, -0.05) is 37.8 Å². The summed E-state index contributed by atoms with van der Waals surface area (Å²) in [5, 5.41) is 3.47. The van der Waals surface area contributed by atoms with E-state index in [4.69, 9.17) is 25.8 Å². The summed E-state index contributed by atoms with van der Waals surface area (Å²) >= 11 is 6.36. The van der Waals surface area contributed by atoms with Crippen molar-refractivity contribution in [3.8, 4) is 5.75 Å². The van der Waals surface area contributed by atoms with Crippen molar-refractivity contribution in [3.05, 3.63) is 23.2 Å². The van der Waals surface area contributed by atoms with E-state index in [0.29, 0.717) is 29.7 Å². The summed E-state index contributed by atoms with van der Waals surface area (Å²) in [5.74, 6) is 0.522. The van der Waals surface area contributed by atoms with Gasteiger partial charge in [0.1, 0.15) is 11.4 Å². The summed E-state index contributed by atoms with van der Waals surface area (Å²) in [7, 11) is 1.69. The summed E-state index contributed by atoms with van der Waals surface area (Å²) in [6.45, 7) is 7.18. The largest absolute Gasteiger partial charge is 0.492 e. The number of carbonyl (C=O) groups is 1. The molecule has 0 spiro atoms. The second-order valence-electron chi connectivity index (χ2n) is 8.07. The number of amides is 1. The number of methoxy groups -OCH3 is 1. The van der Waals surface area contributed by atoms with Crippen LogP contribution in [0.4, 0.5) is 5.69 Å². The Balaban J connectivity index is 1.99. The van der Waals surface area contributed by atoms with E-state index in [1.807, 2.05) is 19.9 Å². The van der Waals surface area contributed by atoms with Crippen molar-refractivity contribution in [1.29, 1.82) is 0 Å². The third kappa shape index (κ3) is 6.36. The average molecular weight is 412 g/mol. The Hall–Kier alpha value is -1.30. The van der Waals surface area contributed by atoms with Crippen LogP contribution in [0.3, 0.4) is 0 Å². The van der Waals surface area contributed by atoms with Crippen LogP contribution >= 0.6 is 11.6 Å². The lowest BCUT2D eigenvalue weighted by atomic mass is 9.83. The fourth-order valence-electron chi connectivity index (χ4n) is 3.31. The lowest BCUT2D eigenvalue weighted by Crippen LogP contribution is -2.47. The third-order valence-corrected chi connectivity index (χ3v) is 5.66. The minimum atomic E-state index is -0.721. The molecule has 28 heavy (non-hydrogen) atoms. The SMILES string of the molecule is CCCOC1(C(=O)Nc2ccc(OCCC(C)(C)OC)c(Cl)c2)CCCCC1. The molecule has 6 heteroatoms. The number of halogens is 1. The van der Waals surface area contributed by atoms with Gasteiger partial charge in [-0.2, -0.15) is 0 Å². The molecule has 1 N–H and O–H groups in total. The van der Waals surface area contributed by atoms with Crippen LogP contribution in [0.25, 0.3) is 0 Å². The monoisotopic (exact) mass is 411 g/mol. The van der Waals surface area contributed by atoms with Gasteiger partial charge in [0, 0.05) is 25.8 Å². The van der Waals surface area contributed by atoms with E-state index in [-0.39, 0.29) is 11.5 Å². The van der Waals surface area contributed by atoms with E-state index in [2.05, 4.69) is 12.2 Å². The van der Waals surface area contributed by atoms with E-state index in [1.54, 1.807) is 19.2 Å². The normalized spacial score (nSPS) is 16.6. The molecule has 1 aliphatic rings. The number of nitrogens with one attached hydrogen (secondary N) is 1. The highest BCUT2D eigenvalue weighted by Gasteiger charge is 2.40. The van der Waals surface area contributed by atoms with Crippen LogP contribution in [0.5, 0.6) is 5.75 Å². The lowest BCUT2D eigenvalue weighted by Gasteiger charge is -2.35. The fraction of sp³-hybridized carbons (Fsp3) is 0.682. The molecule has 1 aromatic rings. The van der Waals surface area contributed by atoms with E-state index in [0.717, 1.165) is 44.9 Å². The van der Waals surface area contributed by atoms with E-state index >= 15 is 0 Å². The standard InChI is InChI=1S/C22H34ClNO4/c1-5-14-28-22(11-7-6-8-12-22)20(25)24-17-9-10-19(18(23)16-17)27-15-13-21(2,3)26-4/h9-10,16H,5-8,11-15H2,1-4H3,(H,24,25). The van der Waals surface area contributed by atoms with E-state index in [1.165, 1.54) is 0 Å². The van der Waals surface area contributed by atoms with Gasteiger partial charge in [0.05, 0.1) is 17.2 Å². The van der Waals surface area contributed by atoms with Crippen molar-refractivity contribution in [2.45, 2.75) is 76.9 Å². The second kappa shape index (κ2) is 10.5. The maximum atomic E-state index is 13.0. The van der Waals surface area contributed by atoms with E-state index in [9.17, 15) is 4.79 Å². The molecule has 0 radical (unpaired) electrons. The van der Waals surface area contributed by atoms with Crippen LogP contribution in [0.1, 0.15) is 65.7 Å². The Bertz CT molecular complexity index is 641. The number of carbonyl (C=O) groups excluding carboxylic acids is 1. The zero-order chi connectivity index (χ0) is 20.6. The van der Waals surface area contributed by atoms with Crippen LogP contribution in [0.2, 0.25) is 5.02 Å². The maximum absolute atomic E-state index is 13.0. The van der Waals surface area contributed by atoms with E-state index < -0.39 is 5.60 Å². The summed E-state index contributed by atoms with van der Waals surface area (Å²) in [5.41, 5.74) is -0.306. The number of ether oxygens (including phenoxy) is 3. The molecule has 2 rings (SSSR count). The van der Waals surface area contributed by atoms with Gasteiger partial charge < -0.3 is 19.5 Å². The molecule has 1 fully saturated rings. The van der Waals surface area contributed by atoms with Gasteiger partial charge in [0.15, 0.2) is 0 Å². The highest BCUT2D eigenvalue weighted by atomic mass is 35.5. The molecule has 1 aromatic carbocycles. The van der Waals surface area contributed by atoms with Crippen LogP contribution in [-0.4, -0.2) is 37.4 Å². The van der Waals surface area contributed by atoms with Gasteiger partial charge in [-0.3, -0.25) is 4.79 Å². The molecule has 0 aliphatic heterocycles. The highest BCUT2D eigenvalue weighted by Crippen LogP contribution is 2.34. The number of benzene rings is 1. The number of hydrogen-bond donors (Lipinski definition) is 1. The molecular formula is C22H34ClNO4. The quantitative estimate of drug-likeness (QED) is 0.544. The minimum Gasteiger partial charge on any atom is -0.492 e. The number of anilines is 1. The molecule has 1 aliphatic carbocycles. The summed E-state index contributed by atoms with van der Waals surface area (Å²) in [6.07, 6.45) is 6.36. The molecule has 0 aromatic heterocycles. The molecule has 5 nitrogen and oxygen atoms in total. The van der Waals surface area contributed by atoms with Crippen LogP contribution in [0, 0.1) is 0 Å². The number of rotatable bonds is 10. The lowest BCUT2D eigenvalue weighted by molar-refractivity contribution is -0.146. The molecule has 1 saturated carbocycles. The molecule has 0 unspecified atom stereocenters. The van der Waals surface area contributed by atoms with Gasteiger partial charge in [0.25, 0.3) is 5.91 Å². The molecule has 0 bridgehead atoms. The fourth-order valence-corrected chi connectivity index (χ4v) is 3.54. The van der Waals surface area contributed by atoms with Gasteiger partial charge in [0.2, 0.25) is 0 Å². The van der Waals surface area contributed by atoms with Crippen molar-refractivity contribution in [3.63, 3.8) is 0 Å². The minimum absolute atomic E-state index is 0.0766. The zero-order valence-corrected chi connectivity index (χ0v) is 18.4. The summed E-state index contributed by atoms with van der Waals surface area (Å²) < 4.78 is 17.2. The second-order valence-corrected chi connectivity index (χ2v) is 8.47. The van der Waals surface area contributed by atoms with Gasteiger partial charge in [-0.25, -0.2) is 0 Å². The van der Waals surface area contributed by atoms with Crippen LogP contribution in [-0.2, 0) is 14.3 Å². The first-order valence-corrected chi connectivity index (χ1v) is 10.6. The Morgan fingerprint density at radius 2 is 1.93 bits per heavy atom. The zero-order valence-electron chi connectivity index (χ0n) is 17.6. The maximum Gasteiger partial charge on any atom is 0.256 e. The number of hydrogen-bond acceptors (Lipinski definition) is 4. The first-order valence-electron chi connectivity index (χ1n) is 10.2. The predicted octanol–water partition coefficient (Wildman–Crippen LogP) is 5.60.